The van der Waals surface area contributed by atoms with Gasteiger partial charge in [-0.25, -0.2) is 0 Å². The molecule has 1 aromatic carbocycles. The molecule has 1 aromatic rings. The van der Waals surface area contributed by atoms with Crippen LogP contribution in [-0.2, 0) is 19.2 Å². The van der Waals surface area contributed by atoms with E-state index in [0.29, 0.717) is 37.1 Å². The number of carbonyl (C=O) groups is 4. The molecule has 4 fully saturated rings. The normalized spacial score (nSPS) is 41.6. The minimum Gasteiger partial charge on any atom is -0.325 e. The zero-order valence-electron chi connectivity index (χ0n) is 21.7. The lowest BCUT2D eigenvalue weighted by Crippen LogP contribution is -2.48. The van der Waals surface area contributed by atoms with E-state index in [-0.39, 0.29) is 23.4 Å². The summed E-state index contributed by atoms with van der Waals surface area (Å²) in [7, 11) is 0. The van der Waals surface area contributed by atoms with Gasteiger partial charge in [0.2, 0.25) is 11.8 Å². The smallest absolute Gasteiger partial charge is 0.232 e. The molecule has 4 aliphatic rings. The summed E-state index contributed by atoms with van der Waals surface area (Å²) in [5.41, 5.74) is -2.65. The largest absolute Gasteiger partial charge is 0.325 e. The van der Waals surface area contributed by atoms with Crippen LogP contribution in [0.25, 0.3) is 0 Å². The Morgan fingerprint density at radius 1 is 0.722 bits per heavy atom. The third kappa shape index (κ3) is 2.63. The fraction of sp³-hybridized carbons (Fsp3) is 0.643. The van der Waals surface area contributed by atoms with Gasteiger partial charge in [-0.3, -0.25) is 19.2 Å². The van der Waals surface area contributed by atoms with E-state index in [4.69, 9.17) is 0 Å². The molecule has 194 valence electrons. The molecular weight excluding hydrogens is 588 g/mol. The van der Waals surface area contributed by atoms with Crippen molar-refractivity contribution in [2.24, 2.45) is 32.5 Å². The van der Waals surface area contributed by atoms with E-state index < -0.39 is 42.1 Å². The highest BCUT2D eigenvalue weighted by molar-refractivity contribution is 9.10. The lowest BCUT2D eigenvalue weighted by molar-refractivity contribution is -0.131. The van der Waals surface area contributed by atoms with E-state index >= 15 is 0 Å². The summed E-state index contributed by atoms with van der Waals surface area (Å²) in [6.07, 6.45) is 2.65. The Kier molecular flexibility index (Phi) is 5.45. The first kappa shape index (κ1) is 26.1. The molecule has 4 aliphatic carbocycles. The Labute approximate surface area is 229 Å². The van der Waals surface area contributed by atoms with E-state index in [1.165, 1.54) is 0 Å². The number of nitrogens with one attached hydrogen (secondary N) is 2. The second-order valence-electron chi connectivity index (χ2n) is 12.8. The monoisotopic (exact) mass is 620 g/mol. The lowest BCUT2D eigenvalue weighted by Gasteiger charge is -2.40. The Bertz CT molecular complexity index is 1140. The predicted octanol–water partition coefficient (Wildman–Crippen LogP) is 5.88. The second kappa shape index (κ2) is 7.52. The SMILES string of the molecule is CC12CCC(C(=O)Nc3cccc(NC(=O)C45CCC(C)(C(=O)C4Br)C5(C)C)c3)(C(Br)C1=O)C2(C)C. The minimum absolute atomic E-state index is 0.0933. The average molecular weight is 622 g/mol. The van der Waals surface area contributed by atoms with Gasteiger partial charge in [-0.1, -0.05) is 79.5 Å². The summed E-state index contributed by atoms with van der Waals surface area (Å²) < 4.78 is 0. The molecular formula is C28H34Br2N2O4. The zero-order chi connectivity index (χ0) is 26.7. The van der Waals surface area contributed by atoms with Crippen LogP contribution in [0.4, 0.5) is 11.4 Å². The minimum atomic E-state index is -0.844. The Hall–Kier alpha value is -1.54. The second-order valence-corrected chi connectivity index (χ2v) is 14.6. The summed E-state index contributed by atoms with van der Waals surface area (Å²) >= 11 is 7.14. The van der Waals surface area contributed by atoms with Crippen LogP contribution >= 0.6 is 31.9 Å². The van der Waals surface area contributed by atoms with Crippen molar-refractivity contribution in [3.63, 3.8) is 0 Å². The van der Waals surface area contributed by atoms with Gasteiger partial charge in [0.15, 0.2) is 11.6 Å². The number of anilines is 2. The van der Waals surface area contributed by atoms with Gasteiger partial charge in [0, 0.05) is 22.2 Å². The number of Topliss-reactive ketones (excluding diaryl/α,β-unsaturated/α-hetero) is 2. The van der Waals surface area contributed by atoms with Gasteiger partial charge in [-0.2, -0.15) is 0 Å². The van der Waals surface area contributed by atoms with Crippen LogP contribution in [0.15, 0.2) is 24.3 Å². The topological polar surface area (TPSA) is 92.3 Å². The van der Waals surface area contributed by atoms with Crippen molar-refractivity contribution in [2.45, 2.75) is 76.9 Å². The number of hydrogen-bond donors (Lipinski definition) is 2. The average Bonchev–Trinajstić information content (AvgIpc) is 3.24. The van der Waals surface area contributed by atoms with Crippen LogP contribution in [0.1, 0.15) is 67.2 Å². The fourth-order valence-corrected chi connectivity index (χ4v) is 11.1. The van der Waals surface area contributed by atoms with Crippen LogP contribution in [0.2, 0.25) is 0 Å². The molecule has 0 heterocycles. The molecule has 0 radical (unpaired) electrons. The molecule has 6 unspecified atom stereocenters. The summed E-state index contributed by atoms with van der Waals surface area (Å²) in [6.45, 7) is 12.0. The summed E-state index contributed by atoms with van der Waals surface area (Å²) in [6, 6.07) is 7.09. The number of fused-ring (bicyclic) bond motifs is 4. The van der Waals surface area contributed by atoms with Gasteiger partial charge in [0.25, 0.3) is 0 Å². The molecule has 6 nitrogen and oxygen atoms in total. The highest BCUT2D eigenvalue weighted by Gasteiger charge is 2.78. The molecule has 0 aromatic heterocycles. The molecule has 0 spiro atoms. The maximum atomic E-state index is 13.7. The van der Waals surface area contributed by atoms with Crippen LogP contribution in [-0.4, -0.2) is 33.0 Å². The maximum absolute atomic E-state index is 13.7. The molecule has 36 heavy (non-hydrogen) atoms. The Balaban J connectivity index is 1.39. The van der Waals surface area contributed by atoms with Gasteiger partial charge in [-0.15, -0.1) is 0 Å². The first-order chi connectivity index (χ1) is 16.5. The third-order valence-electron chi connectivity index (χ3n) is 11.6. The number of carbonyl (C=O) groups excluding carboxylic acids is 4. The van der Waals surface area contributed by atoms with Crippen molar-refractivity contribution in [3.05, 3.63) is 24.3 Å². The maximum Gasteiger partial charge on any atom is 0.232 e. The first-order valence-electron chi connectivity index (χ1n) is 12.6. The van der Waals surface area contributed by atoms with Crippen molar-refractivity contribution < 1.29 is 19.2 Å². The summed E-state index contributed by atoms with van der Waals surface area (Å²) in [5.74, 6) is -0.173. The fourth-order valence-electron chi connectivity index (χ4n) is 8.07. The van der Waals surface area contributed by atoms with Gasteiger partial charge in [-0.05, 0) is 54.7 Å². The first-order valence-corrected chi connectivity index (χ1v) is 14.5. The molecule has 2 N–H and O–H groups in total. The molecule has 5 rings (SSSR count). The molecule has 4 saturated carbocycles. The summed E-state index contributed by atoms with van der Waals surface area (Å²) in [4.78, 5) is 52.5. The standard InChI is InChI=1S/C28H34Br2N2O4/c1-23(2)25(5)10-12-27(23,17(29)19(25)33)21(35)31-15-8-7-9-16(14-15)32-22(36)28-13-11-26(6,24(28,3)4)20(34)18(28)30/h7-9,14,17-18H,10-13H2,1-6H3,(H,31,35)(H,32,36). The highest BCUT2D eigenvalue weighted by atomic mass is 79.9. The van der Waals surface area contributed by atoms with Crippen molar-refractivity contribution in [1.29, 1.82) is 0 Å². The van der Waals surface area contributed by atoms with Gasteiger partial charge in [0.1, 0.15) is 0 Å². The third-order valence-corrected chi connectivity index (χ3v) is 14.0. The Morgan fingerprint density at radius 3 is 1.39 bits per heavy atom. The van der Waals surface area contributed by atoms with Crippen molar-refractivity contribution in [3.8, 4) is 0 Å². The predicted molar refractivity (Wildman–Crippen MR) is 146 cm³/mol. The van der Waals surface area contributed by atoms with Crippen molar-refractivity contribution in [1.82, 2.24) is 0 Å². The van der Waals surface area contributed by atoms with Gasteiger partial charge >= 0.3 is 0 Å². The van der Waals surface area contributed by atoms with Crippen LogP contribution in [0, 0.1) is 32.5 Å². The number of ketones is 2. The molecule has 8 heteroatoms. The van der Waals surface area contributed by atoms with Crippen LogP contribution < -0.4 is 10.6 Å². The van der Waals surface area contributed by atoms with Crippen molar-refractivity contribution in [2.75, 3.05) is 10.6 Å². The number of benzene rings is 1. The van der Waals surface area contributed by atoms with E-state index in [9.17, 15) is 19.2 Å². The molecule has 0 saturated heterocycles. The molecule has 2 amide bonds. The van der Waals surface area contributed by atoms with E-state index in [0.717, 1.165) is 0 Å². The quantitative estimate of drug-likeness (QED) is 0.411. The number of rotatable bonds is 4. The summed E-state index contributed by atoms with van der Waals surface area (Å²) in [5, 5.41) is 6.09. The van der Waals surface area contributed by atoms with Gasteiger partial charge in [0.05, 0.1) is 20.5 Å². The van der Waals surface area contributed by atoms with Gasteiger partial charge < -0.3 is 10.6 Å². The van der Waals surface area contributed by atoms with Crippen molar-refractivity contribution >= 4 is 66.6 Å². The van der Waals surface area contributed by atoms with E-state index in [2.05, 4.69) is 42.5 Å². The number of amides is 2. The lowest BCUT2D eigenvalue weighted by atomic mass is 9.64. The Morgan fingerprint density at radius 2 is 1.08 bits per heavy atom. The number of alkyl halides is 2. The number of halogens is 2. The zero-order valence-corrected chi connectivity index (χ0v) is 24.9. The molecule has 4 bridgehead atoms. The van der Waals surface area contributed by atoms with Crippen LogP contribution in [0.3, 0.4) is 0 Å². The van der Waals surface area contributed by atoms with E-state index in [1.54, 1.807) is 24.3 Å². The molecule has 0 aliphatic heterocycles. The van der Waals surface area contributed by atoms with Crippen LogP contribution in [0.5, 0.6) is 0 Å². The molecule has 6 atom stereocenters. The highest BCUT2D eigenvalue weighted by Crippen LogP contribution is 2.73. The number of hydrogen-bond acceptors (Lipinski definition) is 4. The van der Waals surface area contributed by atoms with E-state index in [1.807, 2.05) is 41.5 Å².